The van der Waals surface area contributed by atoms with Crippen molar-refractivity contribution in [3.63, 3.8) is 0 Å². The number of thioether (sulfide) groups is 1. The molecule has 1 atom stereocenters. The third kappa shape index (κ3) is 5.40. The maximum Gasteiger partial charge on any atom is 0.319 e. The summed E-state index contributed by atoms with van der Waals surface area (Å²) in [6.07, 6.45) is 1.61. The van der Waals surface area contributed by atoms with Crippen LogP contribution in [0.2, 0.25) is 5.15 Å². The summed E-state index contributed by atoms with van der Waals surface area (Å²) in [7, 11) is 0. The van der Waals surface area contributed by atoms with E-state index in [1.165, 1.54) is 5.56 Å². The van der Waals surface area contributed by atoms with Crippen LogP contribution in [0.4, 0.5) is 0 Å². The van der Waals surface area contributed by atoms with Crippen LogP contribution in [-0.2, 0) is 21.9 Å². The standard InChI is InChI=1S/C16H16ClNO2S/c1-12(21-11-13-5-3-2-4-6-13)16(19)20-10-14-7-8-15(17)18-9-14/h2-9,12H,10-11H2,1H3. The molecule has 0 spiro atoms. The van der Waals surface area contributed by atoms with Crippen molar-refractivity contribution in [2.24, 2.45) is 0 Å². The number of hydrogen-bond donors (Lipinski definition) is 0. The van der Waals surface area contributed by atoms with Crippen molar-refractivity contribution in [1.29, 1.82) is 0 Å². The molecule has 1 aromatic heterocycles. The van der Waals surface area contributed by atoms with Crippen LogP contribution in [0.25, 0.3) is 0 Å². The van der Waals surface area contributed by atoms with Crippen LogP contribution >= 0.6 is 23.4 Å². The van der Waals surface area contributed by atoms with Crippen molar-refractivity contribution in [3.8, 4) is 0 Å². The fraction of sp³-hybridized carbons (Fsp3) is 0.250. The first-order valence-corrected chi connectivity index (χ1v) is 8.00. The van der Waals surface area contributed by atoms with Gasteiger partial charge in [-0.25, -0.2) is 4.98 Å². The van der Waals surface area contributed by atoms with Crippen LogP contribution in [0.1, 0.15) is 18.1 Å². The summed E-state index contributed by atoms with van der Waals surface area (Å²) in [5, 5.41) is 0.224. The summed E-state index contributed by atoms with van der Waals surface area (Å²) in [5.74, 6) is 0.575. The second-order valence-corrected chi connectivity index (χ2v) is 6.25. The van der Waals surface area contributed by atoms with E-state index in [4.69, 9.17) is 16.3 Å². The number of nitrogens with zero attached hydrogens (tertiary/aromatic N) is 1. The second kappa shape index (κ2) is 8.05. The number of rotatable bonds is 6. The highest BCUT2D eigenvalue weighted by molar-refractivity contribution is 7.99. The summed E-state index contributed by atoms with van der Waals surface area (Å²) in [4.78, 5) is 15.9. The first-order chi connectivity index (χ1) is 10.1. The molecule has 0 saturated heterocycles. The molecule has 1 heterocycles. The van der Waals surface area contributed by atoms with E-state index in [0.717, 1.165) is 11.3 Å². The van der Waals surface area contributed by atoms with Crippen molar-refractivity contribution in [2.75, 3.05) is 0 Å². The number of hydrogen-bond acceptors (Lipinski definition) is 4. The zero-order valence-corrected chi connectivity index (χ0v) is 13.2. The Labute approximate surface area is 133 Å². The molecular formula is C16H16ClNO2S. The van der Waals surface area contributed by atoms with Crippen molar-refractivity contribution in [3.05, 3.63) is 64.9 Å². The summed E-state index contributed by atoms with van der Waals surface area (Å²) < 4.78 is 5.28. The average molecular weight is 322 g/mol. The Morgan fingerprint density at radius 3 is 2.67 bits per heavy atom. The number of carbonyl (C=O) groups is 1. The monoisotopic (exact) mass is 321 g/mol. The fourth-order valence-corrected chi connectivity index (χ4v) is 2.58. The van der Waals surface area contributed by atoms with Gasteiger partial charge in [-0.3, -0.25) is 4.79 Å². The van der Waals surface area contributed by atoms with E-state index >= 15 is 0 Å². The van der Waals surface area contributed by atoms with Crippen LogP contribution in [0.3, 0.4) is 0 Å². The number of halogens is 1. The van der Waals surface area contributed by atoms with Gasteiger partial charge < -0.3 is 4.74 Å². The number of aromatic nitrogens is 1. The van der Waals surface area contributed by atoms with Gasteiger partial charge in [0.05, 0.1) is 5.25 Å². The van der Waals surface area contributed by atoms with Gasteiger partial charge in [0.15, 0.2) is 0 Å². The molecule has 0 aliphatic carbocycles. The minimum Gasteiger partial charge on any atom is -0.460 e. The predicted octanol–water partition coefficient (Wildman–Crippen LogP) is 4.10. The molecule has 0 fully saturated rings. The van der Waals surface area contributed by atoms with Gasteiger partial charge in [0.1, 0.15) is 11.8 Å². The number of pyridine rings is 1. The Balaban J connectivity index is 1.76. The number of benzene rings is 1. The lowest BCUT2D eigenvalue weighted by Crippen LogP contribution is -2.17. The summed E-state index contributed by atoms with van der Waals surface area (Å²) in [6, 6.07) is 13.5. The predicted molar refractivity (Wildman–Crippen MR) is 86.2 cm³/mol. The largest absolute Gasteiger partial charge is 0.460 e. The highest BCUT2D eigenvalue weighted by Crippen LogP contribution is 2.19. The molecule has 2 rings (SSSR count). The second-order valence-electron chi connectivity index (χ2n) is 4.54. The lowest BCUT2D eigenvalue weighted by atomic mass is 10.2. The van der Waals surface area contributed by atoms with Crippen molar-refractivity contribution >= 4 is 29.3 Å². The van der Waals surface area contributed by atoms with E-state index in [1.54, 1.807) is 30.1 Å². The number of esters is 1. The summed E-state index contributed by atoms with van der Waals surface area (Å²) in [6.45, 7) is 2.08. The minimum atomic E-state index is -0.217. The van der Waals surface area contributed by atoms with E-state index in [0.29, 0.717) is 5.15 Å². The van der Waals surface area contributed by atoms with E-state index in [2.05, 4.69) is 4.98 Å². The normalized spacial score (nSPS) is 11.9. The number of carbonyl (C=O) groups excluding carboxylic acids is 1. The summed E-state index contributed by atoms with van der Waals surface area (Å²) >= 11 is 7.27. The van der Waals surface area contributed by atoms with Gasteiger partial charge in [-0.1, -0.05) is 48.0 Å². The van der Waals surface area contributed by atoms with Crippen LogP contribution in [0.15, 0.2) is 48.7 Å². The maximum absolute atomic E-state index is 11.9. The highest BCUT2D eigenvalue weighted by atomic mass is 35.5. The Kier molecular flexibility index (Phi) is 6.08. The molecule has 3 nitrogen and oxygen atoms in total. The van der Waals surface area contributed by atoms with E-state index in [9.17, 15) is 4.79 Å². The van der Waals surface area contributed by atoms with Crippen LogP contribution in [0, 0.1) is 0 Å². The quantitative estimate of drug-likeness (QED) is 0.593. The molecular weight excluding hydrogens is 306 g/mol. The van der Waals surface area contributed by atoms with Gasteiger partial charge >= 0.3 is 5.97 Å². The Morgan fingerprint density at radius 1 is 1.24 bits per heavy atom. The Hall–Kier alpha value is -1.52. The van der Waals surface area contributed by atoms with Crippen LogP contribution in [0.5, 0.6) is 0 Å². The minimum absolute atomic E-state index is 0.203. The third-order valence-corrected chi connectivity index (χ3v) is 4.26. The highest BCUT2D eigenvalue weighted by Gasteiger charge is 2.15. The Morgan fingerprint density at radius 2 is 2.00 bits per heavy atom. The van der Waals surface area contributed by atoms with Crippen LogP contribution in [-0.4, -0.2) is 16.2 Å². The average Bonchev–Trinajstić information content (AvgIpc) is 2.52. The summed E-state index contributed by atoms with van der Waals surface area (Å²) in [5.41, 5.74) is 2.03. The molecule has 0 aliphatic heterocycles. The van der Waals surface area contributed by atoms with Crippen LogP contribution < -0.4 is 0 Å². The lowest BCUT2D eigenvalue weighted by Gasteiger charge is -2.11. The molecule has 0 radical (unpaired) electrons. The molecule has 21 heavy (non-hydrogen) atoms. The first-order valence-electron chi connectivity index (χ1n) is 6.58. The first kappa shape index (κ1) is 15.9. The topological polar surface area (TPSA) is 39.2 Å². The zero-order valence-electron chi connectivity index (χ0n) is 11.7. The van der Waals surface area contributed by atoms with Gasteiger partial charge in [-0.15, -0.1) is 11.8 Å². The van der Waals surface area contributed by atoms with Gasteiger partial charge in [0.2, 0.25) is 0 Å². The fourth-order valence-electron chi connectivity index (χ4n) is 1.63. The molecule has 110 valence electrons. The smallest absolute Gasteiger partial charge is 0.319 e. The SMILES string of the molecule is CC(SCc1ccccc1)C(=O)OCc1ccc(Cl)nc1. The third-order valence-electron chi connectivity index (χ3n) is 2.84. The molecule has 0 aliphatic rings. The van der Waals surface area contributed by atoms with Crippen molar-refractivity contribution in [2.45, 2.75) is 24.5 Å². The van der Waals surface area contributed by atoms with Gasteiger partial charge in [0, 0.05) is 17.5 Å². The molecule has 5 heteroatoms. The molecule has 0 bridgehead atoms. The molecule has 0 N–H and O–H groups in total. The van der Waals surface area contributed by atoms with Crippen molar-refractivity contribution < 1.29 is 9.53 Å². The Bertz CT molecular complexity index is 575. The lowest BCUT2D eigenvalue weighted by molar-refractivity contribution is -0.143. The zero-order chi connectivity index (χ0) is 15.1. The van der Waals surface area contributed by atoms with E-state index in [1.807, 2.05) is 37.3 Å². The van der Waals surface area contributed by atoms with Gasteiger partial charge in [-0.05, 0) is 18.6 Å². The molecule has 1 aromatic carbocycles. The van der Waals surface area contributed by atoms with Crippen molar-refractivity contribution in [1.82, 2.24) is 4.98 Å². The molecule has 0 amide bonds. The van der Waals surface area contributed by atoms with Gasteiger partial charge in [0.25, 0.3) is 0 Å². The maximum atomic E-state index is 11.9. The van der Waals surface area contributed by atoms with Gasteiger partial charge in [-0.2, -0.15) is 0 Å². The molecule has 0 saturated carbocycles. The number of ether oxygens (including phenoxy) is 1. The molecule has 1 unspecified atom stereocenters. The van der Waals surface area contributed by atoms with E-state index < -0.39 is 0 Å². The van der Waals surface area contributed by atoms with E-state index in [-0.39, 0.29) is 17.8 Å². The molecule has 2 aromatic rings.